The first-order chi connectivity index (χ1) is 10.6. The van der Waals surface area contributed by atoms with Crippen LogP contribution in [0.2, 0.25) is 0 Å². The summed E-state index contributed by atoms with van der Waals surface area (Å²) in [5, 5.41) is 9.82. The van der Waals surface area contributed by atoms with Crippen molar-refractivity contribution in [3.8, 4) is 0 Å². The first kappa shape index (κ1) is 17.2. The summed E-state index contributed by atoms with van der Waals surface area (Å²) in [5.74, 6) is 1.31. The number of ether oxygens (including phenoxy) is 1. The Bertz CT molecular complexity index is 525. The Morgan fingerprint density at radius 2 is 1.83 bits per heavy atom. The zero-order valence-corrected chi connectivity index (χ0v) is 15.2. The molecule has 0 amide bonds. The SMILES string of the molecule is C=C[C@@]1(CO)CCC2[C@]3(C)CCC(=O)C(C)(C)C3CC[C@]2(C)O1. The van der Waals surface area contributed by atoms with Crippen molar-refractivity contribution >= 4 is 5.78 Å². The number of carbonyl (C=O) groups is 1. The second-order valence-electron chi connectivity index (χ2n) is 9.17. The van der Waals surface area contributed by atoms with Crippen LogP contribution in [0.3, 0.4) is 0 Å². The van der Waals surface area contributed by atoms with E-state index < -0.39 is 5.60 Å². The largest absolute Gasteiger partial charge is 0.393 e. The van der Waals surface area contributed by atoms with Gasteiger partial charge in [-0.2, -0.15) is 0 Å². The fourth-order valence-corrected chi connectivity index (χ4v) is 6.29. The molecule has 3 rings (SSSR count). The van der Waals surface area contributed by atoms with Gasteiger partial charge in [0.1, 0.15) is 11.4 Å². The van der Waals surface area contributed by atoms with Crippen LogP contribution >= 0.6 is 0 Å². The lowest BCUT2D eigenvalue weighted by molar-refractivity contribution is -0.260. The van der Waals surface area contributed by atoms with Crippen LogP contribution in [0.5, 0.6) is 0 Å². The topological polar surface area (TPSA) is 46.5 Å². The second-order valence-corrected chi connectivity index (χ2v) is 9.17. The summed E-state index contributed by atoms with van der Waals surface area (Å²) < 4.78 is 6.52. The molecule has 1 N–H and O–H groups in total. The first-order valence-electron chi connectivity index (χ1n) is 9.11. The van der Waals surface area contributed by atoms with E-state index in [0.717, 1.165) is 32.1 Å². The molecule has 0 bridgehead atoms. The van der Waals surface area contributed by atoms with Crippen LogP contribution in [0.25, 0.3) is 0 Å². The van der Waals surface area contributed by atoms with Gasteiger partial charge in [-0.15, -0.1) is 6.58 Å². The van der Waals surface area contributed by atoms with Crippen molar-refractivity contribution in [2.24, 2.45) is 22.7 Å². The standard InChI is InChI=1S/C20H32O3/c1-6-20(13-21)12-8-15-18(4)10-9-16(22)17(2,3)14(18)7-11-19(15,5)23-20/h6,14-15,21H,1,7-13H2,2-5H3/t14?,15?,18-,19+,20+/m1/s1. The molecule has 3 aliphatic rings. The Labute approximate surface area is 140 Å². The van der Waals surface area contributed by atoms with Gasteiger partial charge in [-0.1, -0.05) is 26.8 Å². The zero-order chi connectivity index (χ0) is 17.1. The first-order valence-corrected chi connectivity index (χ1v) is 9.11. The van der Waals surface area contributed by atoms with E-state index in [4.69, 9.17) is 4.74 Å². The number of ketones is 1. The minimum absolute atomic E-state index is 0.00291. The molecule has 3 heteroatoms. The van der Waals surface area contributed by atoms with E-state index in [0.29, 0.717) is 24.0 Å². The minimum Gasteiger partial charge on any atom is -0.393 e. The zero-order valence-electron chi connectivity index (χ0n) is 15.2. The molecule has 1 saturated heterocycles. The van der Waals surface area contributed by atoms with Crippen LogP contribution < -0.4 is 0 Å². The van der Waals surface area contributed by atoms with Crippen LogP contribution in [0, 0.1) is 22.7 Å². The van der Waals surface area contributed by atoms with Gasteiger partial charge < -0.3 is 9.84 Å². The van der Waals surface area contributed by atoms with E-state index in [1.54, 1.807) is 6.08 Å². The maximum Gasteiger partial charge on any atom is 0.138 e. The highest BCUT2D eigenvalue weighted by molar-refractivity contribution is 5.85. The Morgan fingerprint density at radius 1 is 1.17 bits per heavy atom. The molecule has 0 aromatic heterocycles. The summed E-state index contributed by atoms with van der Waals surface area (Å²) in [6, 6.07) is 0. The lowest BCUT2D eigenvalue weighted by atomic mass is 9.44. The molecule has 0 spiro atoms. The molecule has 2 aliphatic carbocycles. The predicted molar refractivity (Wildman–Crippen MR) is 91.1 cm³/mol. The molecule has 23 heavy (non-hydrogen) atoms. The Kier molecular flexibility index (Phi) is 3.85. The summed E-state index contributed by atoms with van der Waals surface area (Å²) in [6.45, 7) is 12.8. The second kappa shape index (κ2) is 5.16. The van der Waals surface area contributed by atoms with E-state index in [-0.39, 0.29) is 23.0 Å². The lowest BCUT2D eigenvalue weighted by Crippen LogP contribution is -2.64. The highest BCUT2D eigenvalue weighted by Crippen LogP contribution is 2.64. The van der Waals surface area contributed by atoms with Crippen molar-refractivity contribution in [2.45, 2.75) is 77.4 Å². The van der Waals surface area contributed by atoms with Gasteiger partial charge in [-0.25, -0.2) is 0 Å². The van der Waals surface area contributed by atoms with Gasteiger partial charge in [-0.3, -0.25) is 4.79 Å². The van der Waals surface area contributed by atoms with Gasteiger partial charge in [0.05, 0.1) is 12.2 Å². The number of Topliss-reactive ketones (excluding diaryl/α,β-unsaturated/α-hetero) is 1. The summed E-state index contributed by atoms with van der Waals surface area (Å²) >= 11 is 0. The van der Waals surface area contributed by atoms with Crippen LogP contribution in [0.15, 0.2) is 12.7 Å². The molecule has 0 aromatic rings. The molecule has 3 fully saturated rings. The third-order valence-corrected chi connectivity index (χ3v) is 7.67. The number of hydrogen-bond donors (Lipinski definition) is 1. The van der Waals surface area contributed by atoms with Gasteiger partial charge in [-0.05, 0) is 56.3 Å². The summed E-state index contributed by atoms with van der Waals surface area (Å²) in [4.78, 5) is 12.5. The number of carbonyl (C=O) groups excluding carboxylic acids is 1. The monoisotopic (exact) mass is 320 g/mol. The molecule has 130 valence electrons. The normalized spacial score (nSPS) is 49.2. The van der Waals surface area contributed by atoms with Crippen LogP contribution in [-0.2, 0) is 9.53 Å². The molecule has 2 unspecified atom stereocenters. The van der Waals surface area contributed by atoms with Crippen LogP contribution in [0.4, 0.5) is 0 Å². The van der Waals surface area contributed by atoms with Crippen molar-refractivity contribution < 1.29 is 14.6 Å². The van der Waals surface area contributed by atoms with Gasteiger partial charge in [0.15, 0.2) is 0 Å². The smallest absolute Gasteiger partial charge is 0.138 e. The molecule has 2 saturated carbocycles. The average Bonchev–Trinajstić information content (AvgIpc) is 2.50. The van der Waals surface area contributed by atoms with Crippen molar-refractivity contribution in [3.63, 3.8) is 0 Å². The van der Waals surface area contributed by atoms with E-state index in [1.165, 1.54) is 0 Å². The summed E-state index contributed by atoms with van der Waals surface area (Å²) in [7, 11) is 0. The number of rotatable bonds is 2. The van der Waals surface area contributed by atoms with Gasteiger partial charge in [0.25, 0.3) is 0 Å². The molecule has 1 aliphatic heterocycles. The Balaban J connectivity index is 1.96. The van der Waals surface area contributed by atoms with Gasteiger partial charge in [0.2, 0.25) is 0 Å². The maximum absolute atomic E-state index is 12.5. The third-order valence-electron chi connectivity index (χ3n) is 7.67. The van der Waals surface area contributed by atoms with Crippen LogP contribution in [0.1, 0.15) is 66.2 Å². The summed E-state index contributed by atoms with van der Waals surface area (Å²) in [6.07, 6.45) is 7.32. The predicted octanol–water partition coefficient (Wildman–Crippen LogP) is 3.89. The minimum atomic E-state index is -0.589. The highest BCUT2D eigenvalue weighted by Gasteiger charge is 2.63. The molecule has 0 radical (unpaired) electrons. The van der Waals surface area contributed by atoms with Gasteiger partial charge in [0, 0.05) is 11.8 Å². The fraction of sp³-hybridized carbons (Fsp3) is 0.850. The van der Waals surface area contributed by atoms with Gasteiger partial charge >= 0.3 is 0 Å². The number of fused-ring (bicyclic) bond motifs is 3. The van der Waals surface area contributed by atoms with E-state index in [9.17, 15) is 9.90 Å². The highest BCUT2D eigenvalue weighted by atomic mass is 16.5. The average molecular weight is 320 g/mol. The Morgan fingerprint density at radius 3 is 2.43 bits per heavy atom. The van der Waals surface area contributed by atoms with E-state index in [1.807, 2.05) is 0 Å². The van der Waals surface area contributed by atoms with Crippen molar-refractivity contribution in [1.82, 2.24) is 0 Å². The molecule has 3 nitrogen and oxygen atoms in total. The van der Waals surface area contributed by atoms with E-state index in [2.05, 4.69) is 34.3 Å². The van der Waals surface area contributed by atoms with Crippen molar-refractivity contribution in [3.05, 3.63) is 12.7 Å². The molecule has 0 aromatic carbocycles. The van der Waals surface area contributed by atoms with Crippen molar-refractivity contribution in [2.75, 3.05) is 6.61 Å². The fourth-order valence-electron chi connectivity index (χ4n) is 6.29. The quantitative estimate of drug-likeness (QED) is 0.785. The summed E-state index contributed by atoms with van der Waals surface area (Å²) in [5.41, 5.74) is -0.892. The third kappa shape index (κ3) is 2.26. The lowest BCUT2D eigenvalue weighted by Gasteiger charge is -2.64. The van der Waals surface area contributed by atoms with Crippen LogP contribution in [-0.4, -0.2) is 28.7 Å². The molecular formula is C20H32O3. The number of aliphatic hydroxyl groups is 1. The number of hydrogen-bond acceptors (Lipinski definition) is 3. The molecule has 5 atom stereocenters. The maximum atomic E-state index is 12.5. The molecular weight excluding hydrogens is 288 g/mol. The Hall–Kier alpha value is -0.670. The molecule has 1 heterocycles. The van der Waals surface area contributed by atoms with Crippen molar-refractivity contribution in [1.29, 1.82) is 0 Å². The number of aliphatic hydroxyl groups excluding tert-OH is 1. The van der Waals surface area contributed by atoms with E-state index >= 15 is 0 Å².